The highest BCUT2D eigenvalue weighted by atomic mass is 32.1. The van der Waals surface area contributed by atoms with E-state index < -0.39 is 0 Å². The molecule has 1 aliphatic heterocycles. The number of amides is 1. The van der Waals surface area contributed by atoms with Crippen molar-refractivity contribution in [2.75, 3.05) is 24.5 Å². The predicted octanol–water partition coefficient (Wildman–Crippen LogP) is 3.92. The van der Waals surface area contributed by atoms with Crippen molar-refractivity contribution in [1.82, 2.24) is 15.5 Å². The number of rotatable bonds is 7. The number of nitrogens with zero attached hydrogens (tertiary/aromatic N) is 3. The van der Waals surface area contributed by atoms with Crippen LogP contribution >= 0.6 is 11.3 Å². The molecule has 1 amide bonds. The van der Waals surface area contributed by atoms with Gasteiger partial charge in [0.2, 0.25) is 0 Å². The van der Waals surface area contributed by atoms with E-state index >= 15 is 0 Å². The quantitative estimate of drug-likeness (QED) is 0.571. The van der Waals surface area contributed by atoms with Gasteiger partial charge in [0.1, 0.15) is 0 Å². The lowest BCUT2D eigenvalue weighted by Crippen LogP contribution is -2.37. The molecule has 3 aromatic rings. The Hall–Kier alpha value is -3.06. The number of Topliss-reactive ketones (excluding diaryl/α,β-unsaturated/α-hetero) is 1. The zero-order valence-corrected chi connectivity index (χ0v) is 18.4. The monoisotopic (exact) mass is 434 g/mol. The van der Waals surface area contributed by atoms with Crippen LogP contribution in [0.4, 0.5) is 5.82 Å². The molecule has 1 aliphatic rings. The number of carbonyl (C=O) groups is 2. The van der Waals surface area contributed by atoms with Crippen LogP contribution in [-0.2, 0) is 6.42 Å². The predicted molar refractivity (Wildman–Crippen MR) is 123 cm³/mol. The maximum absolute atomic E-state index is 12.9. The minimum absolute atomic E-state index is 0.0405. The third-order valence-corrected chi connectivity index (χ3v) is 6.66. The maximum Gasteiger partial charge on any atom is 0.271 e. The SMILES string of the molecule is Cc1ccccc1C(=O)C1CCN(c2ccc(C(=O)NCCc3cccs3)nn2)CC1. The molecule has 6 nitrogen and oxygen atoms in total. The van der Waals surface area contributed by atoms with Gasteiger partial charge in [0.15, 0.2) is 17.3 Å². The Morgan fingerprint density at radius 1 is 1.06 bits per heavy atom. The van der Waals surface area contributed by atoms with E-state index in [1.54, 1.807) is 17.4 Å². The molecular formula is C24H26N4O2S. The largest absolute Gasteiger partial charge is 0.355 e. The van der Waals surface area contributed by atoms with Gasteiger partial charge in [-0.1, -0.05) is 30.3 Å². The summed E-state index contributed by atoms with van der Waals surface area (Å²) >= 11 is 1.68. The van der Waals surface area contributed by atoms with Crippen LogP contribution in [0.15, 0.2) is 53.9 Å². The third-order valence-electron chi connectivity index (χ3n) is 5.72. The van der Waals surface area contributed by atoms with E-state index in [9.17, 15) is 9.59 Å². The second kappa shape index (κ2) is 9.83. The van der Waals surface area contributed by atoms with Gasteiger partial charge in [-0.25, -0.2) is 0 Å². The molecule has 1 N–H and O–H groups in total. The van der Waals surface area contributed by atoms with E-state index in [1.807, 2.05) is 48.7 Å². The summed E-state index contributed by atoms with van der Waals surface area (Å²) in [5.41, 5.74) is 2.18. The van der Waals surface area contributed by atoms with Gasteiger partial charge >= 0.3 is 0 Å². The molecule has 1 aromatic carbocycles. The van der Waals surface area contributed by atoms with Crippen LogP contribution < -0.4 is 10.2 Å². The highest BCUT2D eigenvalue weighted by molar-refractivity contribution is 7.09. The summed E-state index contributed by atoms with van der Waals surface area (Å²) < 4.78 is 0. The van der Waals surface area contributed by atoms with Crippen LogP contribution in [0, 0.1) is 12.8 Å². The second-order valence-corrected chi connectivity index (χ2v) is 8.83. The number of piperidine rings is 1. The number of aromatic nitrogens is 2. The molecule has 0 bridgehead atoms. The average Bonchev–Trinajstić information content (AvgIpc) is 3.33. The number of thiophene rings is 1. The van der Waals surface area contributed by atoms with Crippen molar-refractivity contribution in [3.63, 3.8) is 0 Å². The molecule has 3 heterocycles. The van der Waals surface area contributed by atoms with Crippen molar-refractivity contribution < 1.29 is 9.59 Å². The molecule has 31 heavy (non-hydrogen) atoms. The lowest BCUT2D eigenvalue weighted by Gasteiger charge is -2.32. The summed E-state index contributed by atoms with van der Waals surface area (Å²) in [6.45, 7) is 4.07. The summed E-state index contributed by atoms with van der Waals surface area (Å²) in [5.74, 6) is 0.812. The van der Waals surface area contributed by atoms with E-state index in [2.05, 4.69) is 26.5 Å². The number of aryl methyl sites for hydroxylation is 1. The zero-order valence-electron chi connectivity index (χ0n) is 17.6. The first-order valence-corrected chi connectivity index (χ1v) is 11.5. The molecule has 0 atom stereocenters. The molecule has 0 unspecified atom stereocenters. The molecular weight excluding hydrogens is 408 g/mol. The molecule has 0 spiro atoms. The van der Waals surface area contributed by atoms with Crippen LogP contribution in [0.5, 0.6) is 0 Å². The Morgan fingerprint density at radius 3 is 2.55 bits per heavy atom. The Kier molecular flexibility index (Phi) is 6.72. The van der Waals surface area contributed by atoms with Gasteiger partial charge in [-0.15, -0.1) is 21.5 Å². The van der Waals surface area contributed by atoms with Gasteiger partial charge in [-0.3, -0.25) is 9.59 Å². The fourth-order valence-corrected chi connectivity index (χ4v) is 4.61. The summed E-state index contributed by atoms with van der Waals surface area (Å²) in [6.07, 6.45) is 2.39. The number of anilines is 1. The van der Waals surface area contributed by atoms with E-state index in [1.165, 1.54) is 4.88 Å². The molecule has 0 saturated carbocycles. The van der Waals surface area contributed by atoms with Gasteiger partial charge in [0.05, 0.1) is 0 Å². The number of benzene rings is 1. The van der Waals surface area contributed by atoms with Crippen LogP contribution in [-0.4, -0.2) is 41.5 Å². The van der Waals surface area contributed by atoms with Crippen molar-refractivity contribution >= 4 is 28.8 Å². The Balaban J connectivity index is 1.28. The summed E-state index contributed by atoms with van der Waals surface area (Å²) in [6, 6.07) is 15.4. The van der Waals surface area contributed by atoms with Gasteiger partial charge in [0.25, 0.3) is 5.91 Å². The van der Waals surface area contributed by atoms with E-state index in [0.29, 0.717) is 12.2 Å². The summed E-state index contributed by atoms with van der Waals surface area (Å²) in [7, 11) is 0. The second-order valence-electron chi connectivity index (χ2n) is 7.80. The van der Waals surface area contributed by atoms with Crippen molar-refractivity contribution in [1.29, 1.82) is 0 Å². The number of nitrogens with one attached hydrogen (secondary N) is 1. The minimum atomic E-state index is -0.210. The van der Waals surface area contributed by atoms with Gasteiger partial charge < -0.3 is 10.2 Å². The molecule has 2 aromatic heterocycles. The third kappa shape index (κ3) is 5.17. The van der Waals surface area contributed by atoms with Gasteiger partial charge in [-0.2, -0.15) is 0 Å². The van der Waals surface area contributed by atoms with Crippen LogP contribution in [0.25, 0.3) is 0 Å². The first-order valence-electron chi connectivity index (χ1n) is 10.6. The van der Waals surface area contributed by atoms with E-state index in [-0.39, 0.29) is 17.6 Å². The first kappa shape index (κ1) is 21.2. The number of hydrogen-bond donors (Lipinski definition) is 1. The Labute approximate surface area is 186 Å². The molecule has 1 saturated heterocycles. The summed E-state index contributed by atoms with van der Waals surface area (Å²) in [4.78, 5) is 28.5. The minimum Gasteiger partial charge on any atom is -0.355 e. The molecule has 4 rings (SSSR count). The van der Waals surface area contributed by atoms with E-state index in [4.69, 9.17) is 0 Å². The number of hydrogen-bond acceptors (Lipinski definition) is 6. The van der Waals surface area contributed by atoms with Gasteiger partial charge in [0, 0.05) is 36.0 Å². The van der Waals surface area contributed by atoms with Crippen LogP contribution in [0.2, 0.25) is 0 Å². The van der Waals surface area contributed by atoms with Crippen LogP contribution in [0.3, 0.4) is 0 Å². The molecule has 160 valence electrons. The van der Waals surface area contributed by atoms with Crippen LogP contribution in [0.1, 0.15) is 44.1 Å². The Morgan fingerprint density at radius 2 is 1.87 bits per heavy atom. The number of ketones is 1. The highest BCUT2D eigenvalue weighted by Gasteiger charge is 2.27. The zero-order chi connectivity index (χ0) is 21.6. The lowest BCUT2D eigenvalue weighted by molar-refractivity contribution is 0.0898. The Bertz CT molecular complexity index is 1030. The van der Waals surface area contributed by atoms with Crippen molar-refractivity contribution in [2.24, 2.45) is 5.92 Å². The standard InChI is InChI=1S/C24H26N4O2S/c1-17-5-2-3-7-20(17)23(29)18-11-14-28(15-12-18)22-9-8-21(26-27-22)24(30)25-13-10-19-6-4-16-31-19/h2-9,16,18H,10-15H2,1H3,(H,25,30). The fourth-order valence-electron chi connectivity index (χ4n) is 3.90. The van der Waals surface area contributed by atoms with Gasteiger partial charge in [-0.05, 0) is 55.3 Å². The van der Waals surface area contributed by atoms with Crippen molar-refractivity contribution in [3.05, 3.63) is 75.6 Å². The normalized spacial score (nSPS) is 14.4. The topological polar surface area (TPSA) is 75.2 Å². The highest BCUT2D eigenvalue weighted by Crippen LogP contribution is 2.25. The molecule has 1 fully saturated rings. The smallest absolute Gasteiger partial charge is 0.271 e. The van der Waals surface area contributed by atoms with Crippen molar-refractivity contribution in [3.8, 4) is 0 Å². The van der Waals surface area contributed by atoms with Crippen molar-refractivity contribution in [2.45, 2.75) is 26.2 Å². The first-order chi connectivity index (χ1) is 15.1. The number of carbonyl (C=O) groups excluding carboxylic acids is 2. The average molecular weight is 435 g/mol. The molecule has 7 heteroatoms. The fraction of sp³-hybridized carbons (Fsp3) is 0.333. The molecule has 0 aliphatic carbocycles. The maximum atomic E-state index is 12.9. The van der Waals surface area contributed by atoms with E-state index in [0.717, 1.165) is 49.3 Å². The lowest BCUT2D eigenvalue weighted by atomic mass is 9.87. The molecule has 0 radical (unpaired) electrons. The summed E-state index contributed by atoms with van der Waals surface area (Å²) in [5, 5.41) is 13.3.